The van der Waals surface area contributed by atoms with Crippen LogP contribution < -0.4 is 4.74 Å². The van der Waals surface area contributed by atoms with E-state index in [1.54, 1.807) is 12.0 Å². The van der Waals surface area contributed by atoms with Crippen molar-refractivity contribution in [2.45, 2.75) is 31.3 Å². The fraction of sp³-hybridized carbons (Fsp3) is 0.611. The minimum absolute atomic E-state index is 0.0793. The van der Waals surface area contributed by atoms with Gasteiger partial charge in [0.15, 0.2) is 0 Å². The van der Waals surface area contributed by atoms with E-state index >= 15 is 0 Å². The highest BCUT2D eigenvalue weighted by Crippen LogP contribution is 2.25. The van der Waals surface area contributed by atoms with Gasteiger partial charge in [-0.15, -0.1) is 0 Å². The SMILES string of the molecule is COc1cccc(CC(=O)N2CC[C@@](O)(CN3CCCC3)C2)c1. The predicted octanol–water partition coefficient (Wildman–Crippen LogP) is 1.30. The van der Waals surface area contributed by atoms with Gasteiger partial charge in [-0.2, -0.15) is 0 Å². The van der Waals surface area contributed by atoms with E-state index in [1.165, 1.54) is 12.8 Å². The Morgan fingerprint density at radius 2 is 2.09 bits per heavy atom. The van der Waals surface area contributed by atoms with E-state index in [-0.39, 0.29) is 5.91 Å². The Labute approximate surface area is 137 Å². The fourth-order valence-corrected chi connectivity index (χ4v) is 3.62. The first kappa shape index (κ1) is 16.3. The maximum absolute atomic E-state index is 12.5. The summed E-state index contributed by atoms with van der Waals surface area (Å²) in [5.74, 6) is 0.845. The van der Waals surface area contributed by atoms with Crippen LogP contribution in [0.2, 0.25) is 0 Å². The minimum Gasteiger partial charge on any atom is -0.497 e. The molecule has 1 atom stereocenters. The molecular formula is C18H26N2O3. The second-order valence-electron chi connectivity index (χ2n) is 6.80. The second kappa shape index (κ2) is 6.89. The van der Waals surface area contributed by atoms with Crippen molar-refractivity contribution >= 4 is 5.91 Å². The summed E-state index contributed by atoms with van der Waals surface area (Å²) < 4.78 is 5.20. The molecule has 0 aromatic heterocycles. The van der Waals surface area contributed by atoms with Crippen molar-refractivity contribution < 1.29 is 14.6 Å². The van der Waals surface area contributed by atoms with Crippen LogP contribution in [0.4, 0.5) is 0 Å². The van der Waals surface area contributed by atoms with E-state index in [0.717, 1.165) is 24.4 Å². The van der Waals surface area contributed by atoms with Gasteiger partial charge in [0.2, 0.25) is 5.91 Å². The molecule has 2 aliphatic rings. The van der Waals surface area contributed by atoms with Gasteiger partial charge in [-0.05, 0) is 50.0 Å². The maximum Gasteiger partial charge on any atom is 0.227 e. The number of amides is 1. The van der Waals surface area contributed by atoms with Crippen LogP contribution in [-0.2, 0) is 11.2 Å². The number of carbonyl (C=O) groups is 1. The molecule has 5 nitrogen and oxygen atoms in total. The van der Waals surface area contributed by atoms with Crippen LogP contribution in [0.25, 0.3) is 0 Å². The van der Waals surface area contributed by atoms with E-state index in [4.69, 9.17) is 4.74 Å². The normalized spacial score (nSPS) is 25.0. The number of nitrogens with zero attached hydrogens (tertiary/aromatic N) is 2. The monoisotopic (exact) mass is 318 g/mol. The van der Waals surface area contributed by atoms with Gasteiger partial charge >= 0.3 is 0 Å². The molecule has 1 aromatic carbocycles. The van der Waals surface area contributed by atoms with E-state index in [2.05, 4.69) is 4.90 Å². The summed E-state index contributed by atoms with van der Waals surface area (Å²) in [6.07, 6.45) is 3.47. The van der Waals surface area contributed by atoms with Crippen LogP contribution in [0.1, 0.15) is 24.8 Å². The van der Waals surface area contributed by atoms with Gasteiger partial charge in [0.25, 0.3) is 0 Å². The van der Waals surface area contributed by atoms with Gasteiger partial charge in [0.1, 0.15) is 5.75 Å². The molecule has 126 valence electrons. The number of hydrogen-bond acceptors (Lipinski definition) is 4. The number of rotatable bonds is 5. The van der Waals surface area contributed by atoms with Crippen molar-refractivity contribution in [2.24, 2.45) is 0 Å². The topological polar surface area (TPSA) is 53.0 Å². The molecule has 2 heterocycles. The number of likely N-dealkylation sites (tertiary alicyclic amines) is 2. The van der Waals surface area contributed by atoms with Crippen molar-refractivity contribution in [1.82, 2.24) is 9.80 Å². The highest BCUT2D eigenvalue weighted by molar-refractivity contribution is 5.79. The fourth-order valence-electron chi connectivity index (χ4n) is 3.62. The Morgan fingerprint density at radius 1 is 1.30 bits per heavy atom. The van der Waals surface area contributed by atoms with Gasteiger partial charge in [-0.25, -0.2) is 0 Å². The number of aliphatic hydroxyl groups is 1. The van der Waals surface area contributed by atoms with Gasteiger partial charge in [-0.1, -0.05) is 12.1 Å². The third-order valence-corrected chi connectivity index (χ3v) is 4.89. The summed E-state index contributed by atoms with van der Waals surface area (Å²) in [5, 5.41) is 10.8. The van der Waals surface area contributed by atoms with Gasteiger partial charge in [0.05, 0.1) is 25.7 Å². The largest absolute Gasteiger partial charge is 0.497 e. The summed E-state index contributed by atoms with van der Waals surface area (Å²) in [7, 11) is 1.62. The van der Waals surface area contributed by atoms with Crippen molar-refractivity contribution in [3.05, 3.63) is 29.8 Å². The molecule has 3 rings (SSSR count). The lowest BCUT2D eigenvalue weighted by Crippen LogP contribution is -2.45. The van der Waals surface area contributed by atoms with Crippen LogP contribution in [0, 0.1) is 0 Å². The molecule has 0 spiro atoms. The second-order valence-corrected chi connectivity index (χ2v) is 6.80. The van der Waals surface area contributed by atoms with Crippen molar-refractivity contribution in [3.8, 4) is 5.75 Å². The minimum atomic E-state index is -0.742. The summed E-state index contributed by atoms with van der Waals surface area (Å²) in [5.41, 5.74) is 0.207. The Kier molecular flexibility index (Phi) is 4.87. The first-order chi connectivity index (χ1) is 11.1. The lowest BCUT2D eigenvalue weighted by Gasteiger charge is -2.28. The highest BCUT2D eigenvalue weighted by Gasteiger charge is 2.39. The van der Waals surface area contributed by atoms with Crippen LogP contribution >= 0.6 is 0 Å². The molecule has 0 aliphatic carbocycles. The van der Waals surface area contributed by atoms with E-state index < -0.39 is 5.60 Å². The molecular weight excluding hydrogens is 292 g/mol. The zero-order valence-electron chi connectivity index (χ0n) is 13.8. The van der Waals surface area contributed by atoms with Crippen LogP contribution in [0.5, 0.6) is 5.75 Å². The summed E-state index contributed by atoms with van der Waals surface area (Å²) in [6, 6.07) is 7.60. The number of ether oxygens (including phenoxy) is 1. The lowest BCUT2D eigenvalue weighted by atomic mass is 10.0. The number of β-amino-alcohol motifs (C(OH)–C–C–N with tert-alkyl or cyclic N) is 1. The average Bonchev–Trinajstić information content (AvgIpc) is 3.17. The Hall–Kier alpha value is -1.59. The number of methoxy groups -OCH3 is 1. The molecule has 1 amide bonds. The Bertz CT molecular complexity index is 557. The van der Waals surface area contributed by atoms with E-state index in [0.29, 0.717) is 32.5 Å². The smallest absolute Gasteiger partial charge is 0.227 e. The third-order valence-electron chi connectivity index (χ3n) is 4.89. The quantitative estimate of drug-likeness (QED) is 0.889. The first-order valence-electron chi connectivity index (χ1n) is 8.43. The Balaban J connectivity index is 1.56. The molecule has 2 aliphatic heterocycles. The molecule has 1 aromatic rings. The average molecular weight is 318 g/mol. The molecule has 5 heteroatoms. The zero-order chi connectivity index (χ0) is 16.3. The van der Waals surface area contributed by atoms with Gasteiger partial charge in [0, 0.05) is 13.1 Å². The maximum atomic E-state index is 12.5. The summed E-state index contributed by atoms with van der Waals surface area (Å²) in [6.45, 7) is 3.93. The van der Waals surface area contributed by atoms with Gasteiger partial charge < -0.3 is 19.6 Å². The summed E-state index contributed by atoms with van der Waals surface area (Å²) in [4.78, 5) is 16.6. The molecule has 0 radical (unpaired) electrons. The molecule has 1 N–H and O–H groups in total. The predicted molar refractivity (Wildman–Crippen MR) is 88.5 cm³/mol. The number of carbonyl (C=O) groups excluding carboxylic acids is 1. The van der Waals surface area contributed by atoms with Crippen LogP contribution in [0.3, 0.4) is 0 Å². The molecule has 2 fully saturated rings. The molecule has 0 bridgehead atoms. The zero-order valence-corrected chi connectivity index (χ0v) is 13.8. The van der Waals surface area contributed by atoms with Crippen LogP contribution in [0.15, 0.2) is 24.3 Å². The molecule has 2 saturated heterocycles. The van der Waals surface area contributed by atoms with Gasteiger partial charge in [-0.3, -0.25) is 4.79 Å². The van der Waals surface area contributed by atoms with E-state index in [1.807, 2.05) is 24.3 Å². The molecule has 23 heavy (non-hydrogen) atoms. The van der Waals surface area contributed by atoms with Crippen molar-refractivity contribution in [2.75, 3.05) is 39.8 Å². The Morgan fingerprint density at radius 3 is 2.83 bits per heavy atom. The summed E-state index contributed by atoms with van der Waals surface area (Å²) >= 11 is 0. The number of hydrogen-bond donors (Lipinski definition) is 1. The van der Waals surface area contributed by atoms with Crippen molar-refractivity contribution in [1.29, 1.82) is 0 Å². The van der Waals surface area contributed by atoms with Crippen molar-refractivity contribution in [3.63, 3.8) is 0 Å². The molecule has 0 saturated carbocycles. The van der Waals surface area contributed by atoms with E-state index in [9.17, 15) is 9.90 Å². The molecule has 0 unspecified atom stereocenters. The van der Waals surface area contributed by atoms with Crippen LogP contribution in [-0.4, -0.2) is 66.2 Å². The lowest BCUT2D eigenvalue weighted by molar-refractivity contribution is -0.130. The highest BCUT2D eigenvalue weighted by atomic mass is 16.5. The standard InChI is InChI=1S/C18H26N2O3/c1-23-16-6-4-5-15(11-16)12-17(21)20-10-7-18(22,14-20)13-19-8-2-3-9-19/h4-6,11,22H,2-3,7-10,12-14H2,1H3/t18-/m1/s1. The third kappa shape index (κ3) is 4.03. The first-order valence-corrected chi connectivity index (χ1v) is 8.43. The number of benzene rings is 1.